The molecule has 0 bridgehead atoms. The van der Waals surface area contributed by atoms with Gasteiger partial charge < -0.3 is 24.6 Å². The minimum Gasteiger partial charge on any atom is -0.483 e. The number of carbonyl (C=O) groups is 2. The highest BCUT2D eigenvalue weighted by molar-refractivity contribution is 6.09. The first kappa shape index (κ1) is 19.4. The number of fused-ring (bicyclic) bond motifs is 3. The predicted octanol–water partition coefficient (Wildman–Crippen LogP) is 2.14. The fraction of sp³-hybridized carbons (Fsp3) is 0.550. The largest absolute Gasteiger partial charge is 0.483 e. The lowest BCUT2D eigenvalue weighted by molar-refractivity contribution is -0.122. The van der Waals surface area contributed by atoms with Crippen LogP contribution < -0.4 is 20.4 Å². The van der Waals surface area contributed by atoms with Gasteiger partial charge in [0.15, 0.2) is 5.84 Å². The Morgan fingerprint density at radius 1 is 1.38 bits per heavy atom. The van der Waals surface area contributed by atoms with E-state index in [2.05, 4.69) is 15.8 Å². The third-order valence-corrected chi connectivity index (χ3v) is 5.13. The monoisotopic (exact) mass is 401 g/mol. The average Bonchev–Trinajstić information content (AvgIpc) is 3.11. The van der Waals surface area contributed by atoms with Crippen molar-refractivity contribution >= 4 is 29.2 Å². The van der Waals surface area contributed by atoms with Crippen LogP contribution in [0.3, 0.4) is 0 Å². The Kier molecular flexibility index (Phi) is 4.76. The summed E-state index contributed by atoms with van der Waals surface area (Å²) in [6, 6.07) is 5.57. The molecule has 2 amide bonds. The molecule has 156 valence electrons. The molecule has 9 nitrogen and oxygen atoms in total. The average molecular weight is 401 g/mol. The molecular formula is C20H27N5O4. The molecule has 0 aromatic heterocycles. The van der Waals surface area contributed by atoms with Gasteiger partial charge in [-0.2, -0.15) is 5.10 Å². The van der Waals surface area contributed by atoms with Gasteiger partial charge in [-0.3, -0.25) is 4.79 Å². The number of rotatable bonds is 2. The third-order valence-electron chi connectivity index (χ3n) is 5.13. The van der Waals surface area contributed by atoms with Gasteiger partial charge in [-0.1, -0.05) is 0 Å². The molecule has 0 radical (unpaired) electrons. The summed E-state index contributed by atoms with van der Waals surface area (Å²) >= 11 is 0. The molecule has 29 heavy (non-hydrogen) atoms. The van der Waals surface area contributed by atoms with E-state index in [1.807, 2.05) is 50.8 Å². The Hall–Kier alpha value is -2.97. The molecule has 4 rings (SSSR count). The van der Waals surface area contributed by atoms with Crippen LogP contribution in [0.15, 0.2) is 23.3 Å². The molecule has 0 aliphatic carbocycles. The lowest BCUT2D eigenvalue weighted by atomic mass is 10.1. The number of hydrazone groups is 1. The second-order valence-electron chi connectivity index (χ2n) is 8.58. The number of amidine groups is 1. The van der Waals surface area contributed by atoms with Crippen molar-refractivity contribution in [1.82, 2.24) is 10.3 Å². The molecule has 0 saturated carbocycles. The fourth-order valence-corrected chi connectivity index (χ4v) is 3.72. The van der Waals surface area contributed by atoms with E-state index in [0.29, 0.717) is 25.5 Å². The quantitative estimate of drug-likeness (QED) is 0.788. The third kappa shape index (κ3) is 3.94. The Labute approximate surface area is 170 Å². The zero-order chi connectivity index (χ0) is 20.8. The van der Waals surface area contributed by atoms with E-state index in [-0.39, 0.29) is 24.1 Å². The second-order valence-corrected chi connectivity index (χ2v) is 8.58. The van der Waals surface area contributed by atoms with E-state index >= 15 is 0 Å². The number of anilines is 2. The van der Waals surface area contributed by atoms with Crippen molar-refractivity contribution in [3.8, 4) is 5.75 Å². The van der Waals surface area contributed by atoms with E-state index in [0.717, 1.165) is 23.5 Å². The van der Waals surface area contributed by atoms with Gasteiger partial charge in [0.1, 0.15) is 24.0 Å². The van der Waals surface area contributed by atoms with Crippen LogP contribution in [-0.2, 0) is 9.53 Å². The van der Waals surface area contributed by atoms with E-state index < -0.39 is 5.60 Å². The van der Waals surface area contributed by atoms with Gasteiger partial charge in [-0.25, -0.2) is 10.2 Å². The summed E-state index contributed by atoms with van der Waals surface area (Å²) in [5.41, 5.74) is 3.74. The summed E-state index contributed by atoms with van der Waals surface area (Å²) in [4.78, 5) is 28.0. The second kappa shape index (κ2) is 7.13. The molecule has 1 unspecified atom stereocenters. The van der Waals surface area contributed by atoms with Gasteiger partial charge in [0.25, 0.3) is 5.91 Å². The molecule has 3 heterocycles. The normalized spacial score (nSPS) is 23.4. The number of amides is 2. The molecule has 1 fully saturated rings. The van der Waals surface area contributed by atoms with E-state index in [4.69, 9.17) is 9.47 Å². The van der Waals surface area contributed by atoms with Crippen LogP contribution in [0.25, 0.3) is 0 Å². The molecule has 3 aliphatic rings. The van der Waals surface area contributed by atoms with Crippen LogP contribution in [0.5, 0.6) is 5.75 Å². The van der Waals surface area contributed by atoms with E-state index in [1.165, 1.54) is 0 Å². The maximum atomic E-state index is 12.3. The SMILES string of the molecule is C[C@@H]1C(=O)NN=C2COc3ccc(NC4CCN(C(=O)OC(C)(C)C)C4)cc3N21. The Bertz CT molecular complexity index is 863. The van der Waals surface area contributed by atoms with Crippen LogP contribution in [0.4, 0.5) is 16.2 Å². The Morgan fingerprint density at radius 3 is 2.93 bits per heavy atom. The molecule has 3 aliphatic heterocycles. The number of nitrogens with one attached hydrogen (secondary N) is 2. The van der Waals surface area contributed by atoms with Gasteiger partial charge >= 0.3 is 6.09 Å². The first-order valence-corrected chi connectivity index (χ1v) is 9.88. The fourth-order valence-electron chi connectivity index (χ4n) is 3.72. The molecular weight excluding hydrogens is 374 g/mol. The number of carbonyl (C=O) groups excluding carboxylic acids is 2. The first-order chi connectivity index (χ1) is 13.7. The molecule has 0 spiro atoms. The highest BCUT2D eigenvalue weighted by Crippen LogP contribution is 2.37. The van der Waals surface area contributed by atoms with Crippen molar-refractivity contribution < 1.29 is 19.1 Å². The summed E-state index contributed by atoms with van der Waals surface area (Å²) in [6.45, 7) is 8.99. The Morgan fingerprint density at radius 2 is 2.17 bits per heavy atom. The summed E-state index contributed by atoms with van der Waals surface area (Å²) in [5.74, 6) is 1.25. The number of hydrogen-bond donors (Lipinski definition) is 2. The number of ether oxygens (including phenoxy) is 2. The molecule has 1 aromatic rings. The maximum absolute atomic E-state index is 12.3. The van der Waals surface area contributed by atoms with E-state index in [1.54, 1.807) is 4.90 Å². The van der Waals surface area contributed by atoms with Crippen molar-refractivity contribution in [1.29, 1.82) is 0 Å². The van der Waals surface area contributed by atoms with Crippen LogP contribution in [0, 0.1) is 0 Å². The van der Waals surface area contributed by atoms with Crippen LogP contribution in [-0.4, -0.2) is 60.1 Å². The first-order valence-electron chi connectivity index (χ1n) is 9.88. The molecule has 1 aromatic carbocycles. The van der Waals surface area contributed by atoms with Gasteiger partial charge in [0.05, 0.1) is 5.69 Å². The summed E-state index contributed by atoms with van der Waals surface area (Å²) in [6.07, 6.45) is 0.553. The van der Waals surface area contributed by atoms with Crippen LogP contribution in [0.1, 0.15) is 34.1 Å². The van der Waals surface area contributed by atoms with Crippen molar-refractivity contribution in [3.05, 3.63) is 18.2 Å². The van der Waals surface area contributed by atoms with Crippen molar-refractivity contribution in [3.63, 3.8) is 0 Å². The zero-order valence-electron chi connectivity index (χ0n) is 17.2. The van der Waals surface area contributed by atoms with Crippen molar-refractivity contribution in [2.45, 2.75) is 51.8 Å². The highest BCUT2D eigenvalue weighted by atomic mass is 16.6. The Balaban J connectivity index is 1.47. The summed E-state index contributed by atoms with van der Waals surface area (Å²) in [5, 5.41) is 7.60. The highest BCUT2D eigenvalue weighted by Gasteiger charge is 2.35. The lowest BCUT2D eigenvalue weighted by Gasteiger charge is -2.38. The van der Waals surface area contributed by atoms with E-state index in [9.17, 15) is 9.59 Å². The molecule has 1 saturated heterocycles. The van der Waals surface area contributed by atoms with Gasteiger partial charge in [0.2, 0.25) is 0 Å². The molecule has 2 N–H and O–H groups in total. The standard InChI is InChI=1S/C20H27N5O4/c1-12-18(26)23-22-17-11-28-16-6-5-13(9-15(16)25(12)17)21-14-7-8-24(10-14)19(27)29-20(2,3)4/h5-6,9,12,14,21H,7-8,10-11H2,1-4H3,(H,23,26)/t12-,14?/m1/s1. The lowest BCUT2D eigenvalue weighted by Crippen LogP contribution is -2.55. The maximum Gasteiger partial charge on any atom is 0.410 e. The number of nitrogens with zero attached hydrogens (tertiary/aromatic N) is 3. The number of benzene rings is 1. The van der Waals surface area contributed by atoms with Gasteiger partial charge in [-0.15, -0.1) is 0 Å². The topological polar surface area (TPSA) is 95.5 Å². The number of hydrogen-bond acceptors (Lipinski definition) is 7. The van der Waals surface area contributed by atoms with Gasteiger partial charge in [-0.05, 0) is 52.3 Å². The summed E-state index contributed by atoms with van der Waals surface area (Å²) < 4.78 is 11.2. The van der Waals surface area contributed by atoms with Crippen LogP contribution >= 0.6 is 0 Å². The predicted molar refractivity (Wildman–Crippen MR) is 109 cm³/mol. The smallest absolute Gasteiger partial charge is 0.410 e. The minimum absolute atomic E-state index is 0.125. The zero-order valence-corrected chi connectivity index (χ0v) is 17.2. The molecule has 9 heteroatoms. The minimum atomic E-state index is -0.502. The van der Waals surface area contributed by atoms with Crippen molar-refractivity contribution in [2.75, 3.05) is 29.9 Å². The van der Waals surface area contributed by atoms with Crippen molar-refractivity contribution in [2.24, 2.45) is 5.10 Å². The van der Waals surface area contributed by atoms with Crippen LogP contribution in [0.2, 0.25) is 0 Å². The van der Waals surface area contributed by atoms with Gasteiger partial charge in [0, 0.05) is 24.8 Å². The summed E-state index contributed by atoms with van der Waals surface area (Å²) in [7, 11) is 0. The number of likely N-dealkylation sites (tertiary alicyclic amines) is 1. The molecule has 2 atom stereocenters.